The van der Waals surface area contributed by atoms with Crippen LogP contribution in [0.3, 0.4) is 0 Å². The largest absolute Gasteiger partial charge is 0.458 e. The summed E-state index contributed by atoms with van der Waals surface area (Å²) in [5.74, 6) is 0.289. The Labute approximate surface area is 107 Å². The topological polar surface area (TPSA) is 52.6 Å². The Hall–Kier alpha value is -1.06. The Morgan fingerprint density at radius 2 is 2.06 bits per heavy atom. The molecule has 5 unspecified atom stereocenters. The van der Waals surface area contributed by atoms with Gasteiger partial charge in [0.25, 0.3) is 0 Å². The van der Waals surface area contributed by atoms with Gasteiger partial charge in [0.2, 0.25) is 0 Å². The molecule has 0 N–H and O–H groups in total. The van der Waals surface area contributed by atoms with Gasteiger partial charge >= 0.3 is 11.9 Å². The molecule has 4 heteroatoms. The summed E-state index contributed by atoms with van der Waals surface area (Å²) in [6.45, 7) is 7.46. The molecule has 18 heavy (non-hydrogen) atoms. The first-order chi connectivity index (χ1) is 8.23. The zero-order chi connectivity index (χ0) is 13.3. The van der Waals surface area contributed by atoms with Gasteiger partial charge in [0, 0.05) is 11.8 Å². The molecule has 0 aromatic carbocycles. The summed E-state index contributed by atoms with van der Waals surface area (Å²) < 4.78 is 11.2. The fourth-order valence-electron chi connectivity index (χ4n) is 3.71. The maximum Gasteiger partial charge on any atom is 0.311 e. The van der Waals surface area contributed by atoms with Gasteiger partial charge in [-0.15, -0.1) is 0 Å². The Balaban J connectivity index is 1.85. The van der Waals surface area contributed by atoms with Crippen molar-refractivity contribution in [2.45, 2.75) is 52.2 Å². The SMILES string of the molecule is CC(C)(C)C(=O)OC1(C)C2CC3C(=O)OC1C3C2. The quantitative estimate of drug-likeness (QED) is 0.669. The van der Waals surface area contributed by atoms with Crippen molar-refractivity contribution in [3.63, 3.8) is 0 Å². The van der Waals surface area contributed by atoms with Crippen LogP contribution in [-0.2, 0) is 19.1 Å². The summed E-state index contributed by atoms with van der Waals surface area (Å²) >= 11 is 0. The lowest BCUT2D eigenvalue weighted by atomic mass is 9.79. The third kappa shape index (κ3) is 1.38. The van der Waals surface area contributed by atoms with Crippen LogP contribution in [0.5, 0.6) is 0 Å². The molecule has 0 aromatic rings. The molecule has 1 heterocycles. The summed E-state index contributed by atoms with van der Waals surface area (Å²) in [6, 6.07) is 0. The number of esters is 2. The van der Waals surface area contributed by atoms with E-state index in [0.717, 1.165) is 12.8 Å². The molecular weight excluding hydrogens is 232 g/mol. The maximum atomic E-state index is 12.1. The average Bonchev–Trinajstić information content (AvgIpc) is 2.82. The second-order valence-electron chi connectivity index (χ2n) is 7.12. The Morgan fingerprint density at radius 3 is 2.67 bits per heavy atom. The van der Waals surface area contributed by atoms with E-state index in [4.69, 9.17) is 9.47 Å². The van der Waals surface area contributed by atoms with E-state index < -0.39 is 11.0 Å². The minimum Gasteiger partial charge on any atom is -0.458 e. The predicted octanol–water partition coefficient (Wildman–Crippen LogP) is 1.92. The summed E-state index contributed by atoms with van der Waals surface area (Å²) in [6.07, 6.45) is 1.54. The zero-order valence-electron chi connectivity index (χ0n) is 11.4. The van der Waals surface area contributed by atoms with E-state index in [-0.39, 0.29) is 35.8 Å². The first-order valence-electron chi connectivity index (χ1n) is 6.67. The molecule has 4 nitrogen and oxygen atoms in total. The minimum atomic E-state index is -0.613. The smallest absolute Gasteiger partial charge is 0.311 e. The monoisotopic (exact) mass is 252 g/mol. The van der Waals surface area contributed by atoms with Crippen LogP contribution in [0.15, 0.2) is 0 Å². The molecule has 2 bridgehead atoms. The number of rotatable bonds is 1. The molecule has 1 saturated heterocycles. The normalized spacial score (nSPS) is 45.2. The molecule has 1 aliphatic heterocycles. The van der Waals surface area contributed by atoms with Crippen LogP contribution in [0.2, 0.25) is 0 Å². The van der Waals surface area contributed by atoms with Crippen LogP contribution in [-0.4, -0.2) is 23.6 Å². The lowest BCUT2D eigenvalue weighted by molar-refractivity contribution is -0.187. The number of hydrogen-bond acceptors (Lipinski definition) is 4. The minimum absolute atomic E-state index is 0.0569. The number of ether oxygens (including phenoxy) is 2. The van der Waals surface area contributed by atoms with E-state index in [9.17, 15) is 9.59 Å². The van der Waals surface area contributed by atoms with Crippen LogP contribution in [0.25, 0.3) is 0 Å². The van der Waals surface area contributed by atoms with Gasteiger partial charge < -0.3 is 9.47 Å². The van der Waals surface area contributed by atoms with Gasteiger partial charge in [0.05, 0.1) is 11.3 Å². The molecule has 0 amide bonds. The van der Waals surface area contributed by atoms with E-state index in [1.165, 1.54) is 0 Å². The molecule has 100 valence electrons. The second-order valence-corrected chi connectivity index (χ2v) is 7.12. The van der Waals surface area contributed by atoms with Crippen LogP contribution in [0.4, 0.5) is 0 Å². The first-order valence-corrected chi connectivity index (χ1v) is 6.67. The van der Waals surface area contributed by atoms with Crippen LogP contribution < -0.4 is 0 Å². The van der Waals surface area contributed by atoms with Crippen LogP contribution in [0.1, 0.15) is 40.5 Å². The van der Waals surface area contributed by atoms with E-state index in [2.05, 4.69) is 0 Å². The molecule has 5 atom stereocenters. The summed E-state index contributed by atoms with van der Waals surface area (Å²) in [5.41, 5.74) is -1.13. The van der Waals surface area contributed by atoms with Gasteiger partial charge in [-0.3, -0.25) is 9.59 Å². The third-order valence-electron chi connectivity index (χ3n) is 4.85. The molecule has 3 fully saturated rings. The van der Waals surface area contributed by atoms with Gasteiger partial charge in [-0.2, -0.15) is 0 Å². The first kappa shape index (κ1) is 12.0. The van der Waals surface area contributed by atoms with Crippen LogP contribution >= 0.6 is 0 Å². The number of hydrogen-bond donors (Lipinski definition) is 0. The molecular formula is C14H20O4. The third-order valence-corrected chi connectivity index (χ3v) is 4.85. The molecule has 2 saturated carbocycles. The fraction of sp³-hybridized carbons (Fsp3) is 0.857. The van der Waals surface area contributed by atoms with Crippen molar-refractivity contribution >= 4 is 11.9 Å². The van der Waals surface area contributed by atoms with Gasteiger partial charge in [0.1, 0.15) is 11.7 Å². The van der Waals surface area contributed by atoms with Crippen molar-refractivity contribution in [1.29, 1.82) is 0 Å². The highest BCUT2D eigenvalue weighted by Gasteiger charge is 2.69. The Morgan fingerprint density at radius 1 is 1.39 bits per heavy atom. The highest BCUT2D eigenvalue weighted by atomic mass is 16.6. The second kappa shape index (κ2) is 3.28. The predicted molar refractivity (Wildman–Crippen MR) is 63.5 cm³/mol. The molecule has 0 aromatic heterocycles. The lowest BCUT2D eigenvalue weighted by Crippen LogP contribution is -2.49. The lowest BCUT2D eigenvalue weighted by Gasteiger charge is -2.38. The molecule has 3 rings (SSSR count). The molecule has 0 radical (unpaired) electrons. The van der Waals surface area contributed by atoms with E-state index in [1.54, 1.807) is 0 Å². The molecule has 2 aliphatic carbocycles. The van der Waals surface area contributed by atoms with E-state index in [0.29, 0.717) is 0 Å². The molecule has 3 aliphatic rings. The van der Waals surface area contributed by atoms with Crippen molar-refractivity contribution in [3.8, 4) is 0 Å². The van der Waals surface area contributed by atoms with E-state index in [1.807, 2.05) is 27.7 Å². The summed E-state index contributed by atoms with van der Waals surface area (Å²) in [5, 5.41) is 0. The van der Waals surface area contributed by atoms with Gasteiger partial charge in [-0.25, -0.2) is 0 Å². The van der Waals surface area contributed by atoms with Gasteiger partial charge in [-0.05, 0) is 40.5 Å². The highest BCUT2D eigenvalue weighted by molar-refractivity contribution is 5.78. The van der Waals surface area contributed by atoms with Crippen molar-refractivity contribution in [1.82, 2.24) is 0 Å². The number of carbonyl (C=O) groups excluding carboxylic acids is 2. The average molecular weight is 252 g/mol. The van der Waals surface area contributed by atoms with Crippen molar-refractivity contribution in [2.24, 2.45) is 23.2 Å². The van der Waals surface area contributed by atoms with Crippen molar-refractivity contribution < 1.29 is 19.1 Å². The number of carbonyl (C=O) groups is 2. The fourth-order valence-corrected chi connectivity index (χ4v) is 3.71. The van der Waals surface area contributed by atoms with Crippen LogP contribution in [0, 0.1) is 23.2 Å². The van der Waals surface area contributed by atoms with Crippen molar-refractivity contribution in [2.75, 3.05) is 0 Å². The van der Waals surface area contributed by atoms with E-state index >= 15 is 0 Å². The zero-order valence-corrected chi connectivity index (χ0v) is 11.4. The van der Waals surface area contributed by atoms with Crippen molar-refractivity contribution in [3.05, 3.63) is 0 Å². The molecule has 0 spiro atoms. The summed E-state index contributed by atoms with van der Waals surface area (Å²) in [4.78, 5) is 23.8. The Bertz CT molecular complexity index is 422. The number of fused-ring (bicyclic) bond motifs is 1. The Kier molecular flexibility index (Phi) is 2.19. The summed E-state index contributed by atoms with van der Waals surface area (Å²) in [7, 11) is 0. The highest BCUT2D eigenvalue weighted by Crippen LogP contribution is 2.60. The van der Waals surface area contributed by atoms with Gasteiger partial charge in [-0.1, -0.05) is 0 Å². The van der Waals surface area contributed by atoms with Gasteiger partial charge in [0.15, 0.2) is 0 Å². The maximum absolute atomic E-state index is 12.1. The standard InChI is InChI=1S/C14H20O4/c1-13(2,3)12(16)18-14(4)7-5-8-9(6-7)11(15)17-10(8)14/h7-10H,5-6H2,1-4H3.